The van der Waals surface area contributed by atoms with Gasteiger partial charge in [-0.25, -0.2) is 0 Å². The molecule has 0 spiro atoms. The summed E-state index contributed by atoms with van der Waals surface area (Å²) in [5, 5.41) is 14.9. The summed E-state index contributed by atoms with van der Waals surface area (Å²) in [4.78, 5) is 23.6. The molecule has 1 atom stereocenters. The maximum Gasteiger partial charge on any atom is 0.249 e. The van der Waals surface area contributed by atoms with Crippen LogP contribution >= 0.6 is 46.3 Å². The van der Waals surface area contributed by atoms with Crippen LogP contribution in [0.2, 0.25) is 10.0 Å². The number of amides is 2. The molecule has 0 aliphatic rings. The number of anilines is 1. The van der Waals surface area contributed by atoms with Gasteiger partial charge in [-0.05, 0) is 23.6 Å². The lowest BCUT2D eigenvalue weighted by Crippen LogP contribution is -2.46. The number of thioether (sulfide) groups is 1. The highest BCUT2D eigenvalue weighted by Crippen LogP contribution is 2.33. The van der Waals surface area contributed by atoms with E-state index in [2.05, 4.69) is 20.8 Å². The van der Waals surface area contributed by atoms with Crippen molar-refractivity contribution >= 4 is 63.2 Å². The monoisotopic (exact) mass is 432 g/mol. The average Bonchev–Trinajstić information content (AvgIpc) is 2.99. The molecule has 0 radical (unpaired) electrons. The summed E-state index contributed by atoms with van der Waals surface area (Å²) in [5.41, 5.74) is 0.826. The molecule has 0 bridgehead atoms. The smallest absolute Gasteiger partial charge is 0.249 e. The van der Waals surface area contributed by atoms with Gasteiger partial charge in [0.05, 0.1) is 0 Å². The molecule has 0 saturated heterocycles. The van der Waals surface area contributed by atoms with E-state index in [4.69, 9.17) is 23.2 Å². The highest BCUT2D eigenvalue weighted by molar-refractivity contribution is 8.00. The van der Waals surface area contributed by atoms with Gasteiger partial charge in [-0.15, -0.1) is 10.2 Å². The predicted molar refractivity (Wildman–Crippen MR) is 107 cm³/mol. The molecule has 2 amide bonds. The number of carbonyl (C=O) groups is 2. The van der Waals surface area contributed by atoms with E-state index in [9.17, 15) is 9.59 Å². The molecule has 1 aromatic carbocycles. The van der Waals surface area contributed by atoms with Crippen molar-refractivity contribution in [2.75, 3.05) is 5.32 Å². The molecule has 1 heterocycles. The van der Waals surface area contributed by atoms with E-state index >= 15 is 0 Å². The van der Waals surface area contributed by atoms with Crippen molar-refractivity contribution in [3.63, 3.8) is 0 Å². The van der Waals surface area contributed by atoms with E-state index in [1.54, 1.807) is 18.2 Å². The van der Waals surface area contributed by atoms with E-state index in [0.717, 1.165) is 5.56 Å². The van der Waals surface area contributed by atoms with E-state index < -0.39 is 6.04 Å². The van der Waals surface area contributed by atoms with Crippen LogP contribution in [0.3, 0.4) is 0 Å². The average molecular weight is 433 g/mol. The zero-order valence-electron chi connectivity index (χ0n) is 14.4. The highest BCUT2D eigenvalue weighted by atomic mass is 35.5. The van der Waals surface area contributed by atoms with Crippen molar-refractivity contribution in [2.24, 2.45) is 5.92 Å². The first-order chi connectivity index (χ1) is 12.3. The summed E-state index contributed by atoms with van der Waals surface area (Å²) >= 11 is 15.0. The molecule has 1 aromatic heterocycles. The van der Waals surface area contributed by atoms with Gasteiger partial charge in [0.15, 0.2) is 4.34 Å². The van der Waals surface area contributed by atoms with Crippen molar-refractivity contribution < 1.29 is 9.59 Å². The molecular formula is C16H18Cl2N4O2S2. The van der Waals surface area contributed by atoms with Crippen LogP contribution in [-0.2, 0) is 15.3 Å². The van der Waals surface area contributed by atoms with Gasteiger partial charge in [0.25, 0.3) is 0 Å². The number of halogens is 2. The minimum Gasteiger partial charge on any atom is -0.344 e. The van der Waals surface area contributed by atoms with E-state index in [0.29, 0.717) is 25.3 Å². The van der Waals surface area contributed by atoms with Crippen LogP contribution in [0, 0.1) is 5.92 Å². The summed E-state index contributed by atoms with van der Waals surface area (Å²) < 4.78 is 0.678. The first kappa shape index (κ1) is 21.0. The van der Waals surface area contributed by atoms with E-state index in [-0.39, 0.29) is 17.7 Å². The number of nitrogens with one attached hydrogen (secondary N) is 2. The Bertz CT molecular complexity index is 778. The first-order valence-electron chi connectivity index (χ1n) is 7.75. The van der Waals surface area contributed by atoms with Crippen LogP contribution in [0.5, 0.6) is 0 Å². The topological polar surface area (TPSA) is 84.0 Å². The van der Waals surface area contributed by atoms with Crippen molar-refractivity contribution in [1.29, 1.82) is 0 Å². The number of hydrogen-bond acceptors (Lipinski definition) is 6. The SMILES string of the molecule is CC(=O)NC(C(=O)Nc1nnc(SCc2c(Cl)cccc2Cl)s1)C(C)C. The molecule has 2 rings (SSSR count). The molecule has 10 heteroatoms. The maximum absolute atomic E-state index is 12.3. The zero-order chi connectivity index (χ0) is 19.3. The lowest BCUT2D eigenvalue weighted by atomic mass is 10.0. The zero-order valence-corrected chi connectivity index (χ0v) is 17.5. The Morgan fingerprint density at radius 2 is 1.88 bits per heavy atom. The third-order valence-electron chi connectivity index (χ3n) is 3.35. The molecule has 0 saturated carbocycles. The summed E-state index contributed by atoms with van der Waals surface area (Å²) in [6.45, 7) is 5.09. The molecule has 2 N–H and O–H groups in total. The molecule has 1 unspecified atom stereocenters. The van der Waals surface area contributed by atoms with Gasteiger partial charge in [-0.3, -0.25) is 14.9 Å². The van der Waals surface area contributed by atoms with Crippen LogP contribution in [0.4, 0.5) is 5.13 Å². The second-order valence-electron chi connectivity index (χ2n) is 5.77. The largest absolute Gasteiger partial charge is 0.344 e. The van der Waals surface area contributed by atoms with Gasteiger partial charge in [-0.2, -0.15) is 0 Å². The van der Waals surface area contributed by atoms with Crippen LogP contribution in [0.25, 0.3) is 0 Å². The van der Waals surface area contributed by atoms with Gasteiger partial charge >= 0.3 is 0 Å². The van der Waals surface area contributed by atoms with Gasteiger partial charge in [0.2, 0.25) is 16.9 Å². The Hall–Kier alpha value is -1.35. The van der Waals surface area contributed by atoms with Gasteiger partial charge < -0.3 is 5.32 Å². The van der Waals surface area contributed by atoms with Gasteiger partial charge in [0, 0.05) is 22.7 Å². The molecule has 0 aliphatic carbocycles. The second-order valence-corrected chi connectivity index (χ2v) is 8.79. The van der Waals surface area contributed by atoms with Crippen LogP contribution in [0.15, 0.2) is 22.5 Å². The number of hydrogen-bond donors (Lipinski definition) is 2. The van der Waals surface area contributed by atoms with Crippen molar-refractivity contribution in [3.05, 3.63) is 33.8 Å². The van der Waals surface area contributed by atoms with Crippen molar-refractivity contribution in [3.8, 4) is 0 Å². The summed E-state index contributed by atoms with van der Waals surface area (Å²) in [7, 11) is 0. The Morgan fingerprint density at radius 3 is 2.46 bits per heavy atom. The third-order valence-corrected chi connectivity index (χ3v) is 6.05. The Balaban J connectivity index is 1.99. The normalized spacial score (nSPS) is 12.1. The lowest BCUT2D eigenvalue weighted by Gasteiger charge is -2.19. The second kappa shape index (κ2) is 9.55. The van der Waals surface area contributed by atoms with Gasteiger partial charge in [0.1, 0.15) is 6.04 Å². The summed E-state index contributed by atoms with van der Waals surface area (Å²) in [6.07, 6.45) is 0. The molecule has 2 aromatic rings. The predicted octanol–water partition coefficient (Wildman–Crippen LogP) is 4.24. The third kappa shape index (κ3) is 5.84. The standard InChI is InChI=1S/C16H18Cl2N4O2S2/c1-8(2)13(19-9(3)23)14(24)20-15-21-22-16(26-15)25-7-10-11(17)5-4-6-12(10)18/h4-6,8,13H,7H2,1-3H3,(H,19,23)(H,20,21,24). The molecule has 0 aliphatic heterocycles. The lowest BCUT2D eigenvalue weighted by molar-refractivity contribution is -0.126. The number of aromatic nitrogens is 2. The fourth-order valence-corrected chi connectivity index (χ4v) is 4.56. The molecule has 0 fully saturated rings. The summed E-state index contributed by atoms with van der Waals surface area (Å²) in [5.74, 6) is -0.0919. The summed E-state index contributed by atoms with van der Waals surface area (Å²) in [6, 6.07) is 4.72. The fraction of sp³-hybridized carbons (Fsp3) is 0.375. The first-order valence-corrected chi connectivity index (χ1v) is 10.3. The molecule has 26 heavy (non-hydrogen) atoms. The Kier molecular flexibility index (Phi) is 7.69. The Labute approximate surface area is 170 Å². The number of rotatable bonds is 7. The minimum atomic E-state index is -0.630. The maximum atomic E-state index is 12.3. The van der Waals surface area contributed by atoms with Crippen molar-refractivity contribution in [2.45, 2.75) is 36.9 Å². The van der Waals surface area contributed by atoms with E-state index in [1.807, 2.05) is 13.8 Å². The molecule has 6 nitrogen and oxygen atoms in total. The number of carbonyl (C=O) groups excluding carboxylic acids is 2. The van der Waals surface area contributed by atoms with Crippen LogP contribution in [-0.4, -0.2) is 28.1 Å². The molecule has 140 valence electrons. The highest BCUT2D eigenvalue weighted by Gasteiger charge is 2.24. The van der Waals surface area contributed by atoms with E-state index in [1.165, 1.54) is 30.0 Å². The quantitative estimate of drug-likeness (QED) is 0.504. The van der Waals surface area contributed by atoms with Crippen molar-refractivity contribution in [1.82, 2.24) is 15.5 Å². The Morgan fingerprint density at radius 1 is 1.23 bits per heavy atom. The van der Waals surface area contributed by atoms with Crippen LogP contribution < -0.4 is 10.6 Å². The number of nitrogens with zero attached hydrogens (tertiary/aromatic N) is 2. The number of benzene rings is 1. The van der Waals surface area contributed by atoms with Crippen LogP contribution in [0.1, 0.15) is 26.3 Å². The minimum absolute atomic E-state index is 0.0527. The van der Waals surface area contributed by atoms with Gasteiger partial charge in [-0.1, -0.05) is 66.2 Å². The fourth-order valence-electron chi connectivity index (χ4n) is 2.06. The molecular weight excluding hydrogens is 415 g/mol.